The highest BCUT2D eigenvalue weighted by Gasteiger charge is 2.15. The van der Waals surface area contributed by atoms with E-state index >= 15 is 0 Å². The van der Waals surface area contributed by atoms with Crippen molar-refractivity contribution in [3.8, 4) is 5.75 Å². The second-order valence-corrected chi connectivity index (χ2v) is 8.62. The number of hydrogen-bond acceptors (Lipinski definition) is 5. The summed E-state index contributed by atoms with van der Waals surface area (Å²) in [5.41, 5.74) is 5.69. The van der Waals surface area contributed by atoms with Crippen LogP contribution in [0.15, 0.2) is 41.6 Å². The average Bonchev–Trinajstić information content (AvgIpc) is 3.20. The number of nitrogens with one attached hydrogen (secondary N) is 1. The van der Waals surface area contributed by atoms with Crippen molar-refractivity contribution in [1.29, 1.82) is 0 Å². The Balaban J connectivity index is 1.63. The molecule has 0 unspecified atom stereocenters. The first-order valence-electron chi connectivity index (χ1n) is 11.1. The molecule has 0 atom stereocenters. The molecule has 2 aromatic carbocycles. The summed E-state index contributed by atoms with van der Waals surface area (Å²) >= 11 is 1.39. The van der Waals surface area contributed by atoms with Crippen LogP contribution in [0.4, 0.5) is 5.69 Å². The number of thioether (sulfide) groups is 1. The van der Waals surface area contributed by atoms with Gasteiger partial charge in [-0.15, -0.1) is 10.2 Å². The van der Waals surface area contributed by atoms with E-state index < -0.39 is 0 Å². The maximum atomic E-state index is 12.7. The van der Waals surface area contributed by atoms with Gasteiger partial charge in [0.1, 0.15) is 12.4 Å². The molecule has 1 heterocycles. The smallest absolute Gasteiger partial charge is 0.234 e. The van der Waals surface area contributed by atoms with E-state index in [1.165, 1.54) is 22.9 Å². The van der Waals surface area contributed by atoms with E-state index in [0.717, 1.165) is 46.4 Å². The molecule has 3 rings (SSSR count). The number of para-hydroxylation sites is 1. The van der Waals surface area contributed by atoms with Crippen molar-refractivity contribution in [3.63, 3.8) is 0 Å². The van der Waals surface area contributed by atoms with E-state index in [1.54, 1.807) is 0 Å². The van der Waals surface area contributed by atoms with Crippen molar-refractivity contribution in [1.82, 2.24) is 14.8 Å². The second kappa shape index (κ2) is 11.2. The van der Waals surface area contributed by atoms with Crippen LogP contribution in [0.25, 0.3) is 0 Å². The number of carbonyl (C=O) groups excluding carboxylic acids is 1. The summed E-state index contributed by atoms with van der Waals surface area (Å²) in [6, 6.07) is 12.2. The number of carbonyl (C=O) groups is 1. The van der Waals surface area contributed by atoms with Crippen LogP contribution in [0.5, 0.6) is 5.75 Å². The number of rotatable bonds is 10. The summed E-state index contributed by atoms with van der Waals surface area (Å²) in [5, 5.41) is 12.4. The molecule has 7 heteroatoms. The lowest BCUT2D eigenvalue weighted by molar-refractivity contribution is -0.113. The number of hydrogen-bond donors (Lipinski definition) is 1. The Bertz CT molecular complexity index is 1060. The standard InChI is InChI=1S/C25H32N4O2S/c1-6-19-10-9-11-20(7-2)24(19)26-23(30)16-32-25-28-27-22(29(25)8-3)15-31-21-13-12-17(4)18(5)14-21/h9-14H,6-8,15-16H2,1-5H3,(H,26,30). The maximum Gasteiger partial charge on any atom is 0.234 e. The zero-order valence-corrected chi connectivity index (χ0v) is 20.4. The summed E-state index contributed by atoms with van der Waals surface area (Å²) in [6.07, 6.45) is 1.76. The van der Waals surface area contributed by atoms with E-state index in [1.807, 2.05) is 29.7 Å². The Morgan fingerprint density at radius 2 is 1.75 bits per heavy atom. The molecule has 32 heavy (non-hydrogen) atoms. The molecule has 0 saturated heterocycles. The van der Waals surface area contributed by atoms with E-state index in [-0.39, 0.29) is 11.7 Å². The molecule has 0 bridgehead atoms. The maximum absolute atomic E-state index is 12.7. The predicted molar refractivity (Wildman–Crippen MR) is 130 cm³/mol. The number of anilines is 1. The van der Waals surface area contributed by atoms with Gasteiger partial charge in [0.15, 0.2) is 11.0 Å². The molecule has 0 aliphatic carbocycles. The summed E-state index contributed by atoms with van der Waals surface area (Å²) in [6.45, 7) is 11.4. The summed E-state index contributed by atoms with van der Waals surface area (Å²) in [7, 11) is 0. The van der Waals surface area contributed by atoms with Gasteiger partial charge in [-0.3, -0.25) is 4.79 Å². The first kappa shape index (κ1) is 23.9. The van der Waals surface area contributed by atoms with E-state index in [9.17, 15) is 4.79 Å². The quantitative estimate of drug-likeness (QED) is 0.420. The average molecular weight is 453 g/mol. The van der Waals surface area contributed by atoms with Crippen LogP contribution in [0.3, 0.4) is 0 Å². The molecule has 0 aliphatic heterocycles. The molecule has 0 radical (unpaired) electrons. The topological polar surface area (TPSA) is 69.0 Å². The zero-order valence-electron chi connectivity index (χ0n) is 19.6. The largest absolute Gasteiger partial charge is 0.486 e. The number of amides is 1. The Hall–Kier alpha value is -2.80. The SMILES string of the molecule is CCc1cccc(CC)c1NC(=O)CSc1nnc(COc2ccc(C)c(C)c2)n1CC. The van der Waals surface area contributed by atoms with E-state index in [2.05, 4.69) is 61.4 Å². The van der Waals surface area contributed by atoms with Gasteiger partial charge in [-0.2, -0.15) is 0 Å². The highest BCUT2D eigenvalue weighted by Crippen LogP contribution is 2.24. The molecule has 3 aromatic rings. The number of aromatic nitrogens is 3. The molecule has 0 spiro atoms. The van der Waals surface area contributed by atoms with E-state index in [0.29, 0.717) is 13.2 Å². The first-order chi connectivity index (χ1) is 15.5. The van der Waals surface area contributed by atoms with Gasteiger partial charge >= 0.3 is 0 Å². The Kier molecular flexibility index (Phi) is 8.33. The van der Waals surface area contributed by atoms with Crippen LogP contribution in [-0.2, 0) is 30.8 Å². The molecule has 6 nitrogen and oxygen atoms in total. The van der Waals surface area contributed by atoms with Gasteiger partial charge in [-0.05, 0) is 68.0 Å². The normalized spacial score (nSPS) is 10.9. The summed E-state index contributed by atoms with van der Waals surface area (Å²) < 4.78 is 7.92. The number of aryl methyl sites for hydroxylation is 4. The van der Waals surface area contributed by atoms with Crippen molar-refractivity contribution >= 4 is 23.4 Å². The van der Waals surface area contributed by atoms with Crippen LogP contribution in [-0.4, -0.2) is 26.4 Å². The minimum Gasteiger partial charge on any atom is -0.486 e. The van der Waals surface area contributed by atoms with Crippen LogP contribution in [0.2, 0.25) is 0 Å². The molecule has 170 valence electrons. The van der Waals surface area contributed by atoms with Crippen molar-refractivity contribution in [2.75, 3.05) is 11.1 Å². The fourth-order valence-electron chi connectivity index (χ4n) is 3.51. The molecule has 1 N–H and O–H groups in total. The fourth-order valence-corrected chi connectivity index (χ4v) is 4.33. The lowest BCUT2D eigenvalue weighted by atomic mass is 10.0. The fraction of sp³-hybridized carbons (Fsp3) is 0.400. The van der Waals surface area contributed by atoms with Gasteiger partial charge < -0.3 is 14.6 Å². The van der Waals surface area contributed by atoms with Gasteiger partial charge in [0.25, 0.3) is 0 Å². The molecule has 0 aliphatic rings. The highest BCUT2D eigenvalue weighted by atomic mass is 32.2. The third kappa shape index (κ3) is 5.71. The Labute approximate surface area is 194 Å². The highest BCUT2D eigenvalue weighted by molar-refractivity contribution is 7.99. The van der Waals surface area contributed by atoms with Gasteiger partial charge in [0.05, 0.1) is 5.75 Å². The van der Waals surface area contributed by atoms with Gasteiger partial charge in [0, 0.05) is 12.2 Å². The Morgan fingerprint density at radius 1 is 1.03 bits per heavy atom. The Morgan fingerprint density at radius 3 is 2.38 bits per heavy atom. The van der Waals surface area contributed by atoms with Gasteiger partial charge in [0.2, 0.25) is 5.91 Å². The number of benzene rings is 2. The van der Waals surface area contributed by atoms with Crippen LogP contribution in [0, 0.1) is 13.8 Å². The van der Waals surface area contributed by atoms with Crippen LogP contribution < -0.4 is 10.1 Å². The minimum atomic E-state index is -0.0378. The van der Waals surface area contributed by atoms with Crippen LogP contribution in [0.1, 0.15) is 48.8 Å². The van der Waals surface area contributed by atoms with Crippen molar-refractivity contribution in [2.45, 2.75) is 65.8 Å². The second-order valence-electron chi connectivity index (χ2n) is 7.67. The lowest BCUT2D eigenvalue weighted by Crippen LogP contribution is -2.17. The monoisotopic (exact) mass is 452 g/mol. The number of ether oxygens (including phenoxy) is 1. The first-order valence-corrected chi connectivity index (χ1v) is 12.1. The number of nitrogens with zero attached hydrogens (tertiary/aromatic N) is 3. The van der Waals surface area contributed by atoms with Gasteiger partial charge in [-0.1, -0.05) is 49.9 Å². The molecule has 1 amide bonds. The molecular formula is C25H32N4O2S. The van der Waals surface area contributed by atoms with Gasteiger partial charge in [-0.25, -0.2) is 0 Å². The van der Waals surface area contributed by atoms with Crippen molar-refractivity contribution < 1.29 is 9.53 Å². The zero-order chi connectivity index (χ0) is 23.1. The summed E-state index contributed by atoms with van der Waals surface area (Å²) in [5.74, 6) is 1.80. The van der Waals surface area contributed by atoms with Crippen LogP contribution >= 0.6 is 11.8 Å². The predicted octanol–water partition coefficient (Wildman–Crippen LogP) is 5.35. The van der Waals surface area contributed by atoms with E-state index in [4.69, 9.17) is 4.74 Å². The third-order valence-corrected chi connectivity index (χ3v) is 6.52. The van der Waals surface area contributed by atoms with Crippen molar-refractivity contribution in [2.24, 2.45) is 0 Å². The van der Waals surface area contributed by atoms with Crippen molar-refractivity contribution in [3.05, 3.63) is 64.5 Å². The molecule has 0 fully saturated rings. The molecule has 1 aromatic heterocycles. The minimum absolute atomic E-state index is 0.0378. The molecular weight excluding hydrogens is 420 g/mol. The lowest BCUT2D eigenvalue weighted by Gasteiger charge is -2.14. The molecule has 0 saturated carbocycles. The summed E-state index contributed by atoms with van der Waals surface area (Å²) in [4.78, 5) is 12.7. The third-order valence-electron chi connectivity index (χ3n) is 5.55.